The number of hydrogen-bond acceptors (Lipinski definition) is 2. The van der Waals surface area contributed by atoms with E-state index in [9.17, 15) is 18.0 Å². The number of ether oxygens (including phenoxy) is 1. The van der Waals surface area contributed by atoms with Gasteiger partial charge in [-0.3, -0.25) is 4.79 Å². The minimum atomic E-state index is -4.22. The molecule has 0 heterocycles. The van der Waals surface area contributed by atoms with Crippen molar-refractivity contribution in [3.8, 4) is 5.75 Å². The zero-order valence-electron chi connectivity index (χ0n) is 7.97. The molecule has 15 heavy (non-hydrogen) atoms. The predicted molar refractivity (Wildman–Crippen MR) is 47.5 cm³/mol. The van der Waals surface area contributed by atoms with Gasteiger partial charge >= 0.3 is 12.1 Å². The molecule has 0 fully saturated rings. The van der Waals surface area contributed by atoms with Crippen molar-refractivity contribution in [1.82, 2.24) is 0 Å². The second-order valence-electron chi connectivity index (χ2n) is 3.03. The summed E-state index contributed by atoms with van der Waals surface area (Å²) < 4.78 is 40.6. The quantitative estimate of drug-likeness (QED) is 0.563. The van der Waals surface area contributed by atoms with Crippen molar-refractivity contribution in [3.05, 3.63) is 29.8 Å². The van der Waals surface area contributed by atoms with Gasteiger partial charge in [-0.15, -0.1) is 0 Å². The van der Waals surface area contributed by atoms with Crippen LogP contribution in [-0.4, -0.2) is 12.1 Å². The Labute approximate surface area is 84.7 Å². The van der Waals surface area contributed by atoms with Crippen LogP contribution in [-0.2, 0) is 11.2 Å². The zero-order valence-corrected chi connectivity index (χ0v) is 7.97. The van der Waals surface area contributed by atoms with Crippen molar-refractivity contribution in [2.75, 3.05) is 0 Å². The van der Waals surface area contributed by atoms with E-state index in [4.69, 9.17) is 0 Å². The van der Waals surface area contributed by atoms with Gasteiger partial charge in [-0.1, -0.05) is 12.1 Å². The lowest BCUT2D eigenvalue weighted by atomic mass is 10.1. The highest BCUT2D eigenvalue weighted by atomic mass is 19.4. The maximum Gasteiger partial charge on any atom is 0.393 e. The van der Waals surface area contributed by atoms with E-state index >= 15 is 0 Å². The largest absolute Gasteiger partial charge is 0.427 e. The minimum absolute atomic E-state index is 0.137. The first-order chi connectivity index (χ1) is 6.87. The number of esters is 1. The fourth-order valence-electron chi connectivity index (χ4n) is 1.07. The molecule has 82 valence electrons. The Morgan fingerprint density at radius 2 is 1.80 bits per heavy atom. The van der Waals surface area contributed by atoms with Crippen LogP contribution in [0.4, 0.5) is 13.2 Å². The Morgan fingerprint density at radius 1 is 1.27 bits per heavy atom. The molecule has 0 unspecified atom stereocenters. The van der Waals surface area contributed by atoms with E-state index in [-0.39, 0.29) is 11.3 Å². The molecule has 0 aliphatic rings. The first-order valence-electron chi connectivity index (χ1n) is 4.21. The molecular weight excluding hydrogens is 209 g/mol. The molecule has 1 rings (SSSR count). The van der Waals surface area contributed by atoms with Crippen molar-refractivity contribution in [2.45, 2.75) is 19.5 Å². The summed E-state index contributed by atoms with van der Waals surface area (Å²) >= 11 is 0. The normalized spacial score (nSPS) is 11.2. The average molecular weight is 218 g/mol. The van der Waals surface area contributed by atoms with Crippen molar-refractivity contribution in [2.24, 2.45) is 0 Å². The van der Waals surface area contributed by atoms with Crippen molar-refractivity contribution < 1.29 is 22.7 Å². The van der Waals surface area contributed by atoms with Gasteiger partial charge < -0.3 is 4.74 Å². The van der Waals surface area contributed by atoms with Gasteiger partial charge in [0.15, 0.2) is 0 Å². The molecule has 1 aromatic carbocycles. The Morgan fingerprint density at radius 3 is 2.20 bits per heavy atom. The van der Waals surface area contributed by atoms with Gasteiger partial charge in [0.1, 0.15) is 5.75 Å². The summed E-state index contributed by atoms with van der Waals surface area (Å²) in [5, 5.41) is 0. The molecule has 0 aliphatic heterocycles. The van der Waals surface area contributed by atoms with Gasteiger partial charge in [0.05, 0.1) is 6.42 Å². The molecule has 0 spiro atoms. The van der Waals surface area contributed by atoms with E-state index in [0.29, 0.717) is 0 Å². The lowest BCUT2D eigenvalue weighted by Crippen LogP contribution is -2.11. The fraction of sp³-hybridized carbons (Fsp3) is 0.300. The van der Waals surface area contributed by atoms with Crippen molar-refractivity contribution in [1.29, 1.82) is 0 Å². The van der Waals surface area contributed by atoms with Crippen LogP contribution in [0.15, 0.2) is 24.3 Å². The van der Waals surface area contributed by atoms with E-state index in [1.807, 2.05) is 0 Å². The van der Waals surface area contributed by atoms with Crippen molar-refractivity contribution >= 4 is 5.97 Å². The number of rotatable bonds is 2. The monoisotopic (exact) mass is 218 g/mol. The van der Waals surface area contributed by atoms with E-state index < -0.39 is 18.6 Å². The molecule has 0 atom stereocenters. The first-order valence-corrected chi connectivity index (χ1v) is 4.21. The van der Waals surface area contributed by atoms with Crippen LogP contribution in [0.3, 0.4) is 0 Å². The van der Waals surface area contributed by atoms with Gasteiger partial charge in [0.2, 0.25) is 0 Å². The summed E-state index contributed by atoms with van der Waals surface area (Å²) in [6.07, 6.45) is -5.20. The molecule has 0 bridgehead atoms. The highest BCUT2D eigenvalue weighted by molar-refractivity contribution is 5.69. The molecular formula is C10H9F3O2. The van der Waals surface area contributed by atoms with Crippen LogP contribution in [0.25, 0.3) is 0 Å². The Hall–Kier alpha value is -1.52. The van der Waals surface area contributed by atoms with Crippen LogP contribution in [0.2, 0.25) is 0 Å². The van der Waals surface area contributed by atoms with Crippen LogP contribution < -0.4 is 4.74 Å². The molecule has 0 amide bonds. The number of carbonyl (C=O) groups is 1. The topological polar surface area (TPSA) is 26.3 Å². The molecule has 0 radical (unpaired) electrons. The number of halogens is 3. The number of benzene rings is 1. The smallest absolute Gasteiger partial charge is 0.393 e. The lowest BCUT2D eigenvalue weighted by molar-refractivity contribution is -0.132. The molecule has 0 N–H and O–H groups in total. The van der Waals surface area contributed by atoms with Gasteiger partial charge in [-0.2, -0.15) is 13.2 Å². The number of hydrogen-bond donors (Lipinski definition) is 0. The van der Waals surface area contributed by atoms with Gasteiger partial charge in [0, 0.05) is 6.92 Å². The maximum atomic E-state index is 12.0. The fourth-order valence-corrected chi connectivity index (χ4v) is 1.07. The number of alkyl halides is 3. The summed E-state index contributed by atoms with van der Waals surface area (Å²) in [6, 6.07) is 5.24. The molecule has 0 saturated carbocycles. The highest BCUT2D eigenvalue weighted by Gasteiger charge is 2.27. The highest BCUT2D eigenvalue weighted by Crippen LogP contribution is 2.22. The van der Waals surface area contributed by atoms with Gasteiger partial charge in [-0.25, -0.2) is 0 Å². The summed E-state index contributed by atoms with van der Waals surface area (Å²) in [7, 11) is 0. The second kappa shape index (κ2) is 4.33. The van der Waals surface area contributed by atoms with Crippen LogP contribution >= 0.6 is 0 Å². The zero-order chi connectivity index (χ0) is 11.5. The van der Waals surface area contributed by atoms with E-state index in [2.05, 4.69) is 4.74 Å². The van der Waals surface area contributed by atoms with Crippen LogP contribution in [0.1, 0.15) is 12.5 Å². The average Bonchev–Trinajstić information content (AvgIpc) is 2.05. The molecule has 2 nitrogen and oxygen atoms in total. The third kappa shape index (κ3) is 4.49. The molecule has 0 aliphatic carbocycles. The van der Waals surface area contributed by atoms with Crippen molar-refractivity contribution in [3.63, 3.8) is 0 Å². The molecule has 5 heteroatoms. The van der Waals surface area contributed by atoms with E-state index in [1.165, 1.54) is 31.2 Å². The SMILES string of the molecule is CC(=O)Oc1ccc(CC(F)(F)F)cc1. The van der Waals surface area contributed by atoms with E-state index in [1.54, 1.807) is 0 Å². The molecule has 0 saturated heterocycles. The van der Waals surface area contributed by atoms with Gasteiger partial charge in [0.25, 0.3) is 0 Å². The molecule has 1 aromatic rings. The Kier molecular flexibility index (Phi) is 3.34. The Bertz CT molecular complexity index is 341. The maximum absolute atomic E-state index is 12.0. The molecule has 0 aromatic heterocycles. The number of carbonyl (C=O) groups excluding carboxylic acids is 1. The van der Waals surface area contributed by atoms with Crippen LogP contribution in [0.5, 0.6) is 5.75 Å². The van der Waals surface area contributed by atoms with Crippen LogP contribution in [0, 0.1) is 0 Å². The second-order valence-corrected chi connectivity index (χ2v) is 3.03. The third-order valence-corrected chi connectivity index (χ3v) is 1.59. The van der Waals surface area contributed by atoms with E-state index in [0.717, 1.165) is 0 Å². The summed E-state index contributed by atoms with van der Waals surface area (Å²) in [5.41, 5.74) is 0.137. The Balaban J connectivity index is 2.68. The standard InChI is InChI=1S/C10H9F3O2/c1-7(14)15-9-4-2-8(3-5-9)6-10(11,12)13/h2-5H,6H2,1H3. The van der Waals surface area contributed by atoms with Gasteiger partial charge in [-0.05, 0) is 17.7 Å². The minimum Gasteiger partial charge on any atom is -0.427 e. The summed E-state index contributed by atoms with van der Waals surface area (Å²) in [6.45, 7) is 1.23. The lowest BCUT2D eigenvalue weighted by Gasteiger charge is -2.06. The first kappa shape index (κ1) is 11.6. The third-order valence-electron chi connectivity index (χ3n) is 1.59. The summed E-state index contributed by atoms with van der Waals surface area (Å²) in [5.74, 6) is -0.257. The predicted octanol–water partition coefficient (Wildman–Crippen LogP) is 2.72. The summed E-state index contributed by atoms with van der Waals surface area (Å²) in [4.78, 5) is 10.5.